The molecule has 2 aromatic rings. The van der Waals surface area contributed by atoms with Crippen molar-refractivity contribution >= 4 is 17.5 Å². The molecule has 1 aliphatic rings. The molecule has 0 unspecified atom stereocenters. The van der Waals surface area contributed by atoms with Crippen LogP contribution in [0.3, 0.4) is 0 Å². The molecule has 158 valence electrons. The van der Waals surface area contributed by atoms with Crippen LogP contribution in [-0.4, -0.2) is 76.5 Å². The van der Waals surface area contributed by atoms with E-state index in [1.165, 1.54) is 0 Å². The molecule has 1 aliphatic heterocycles. The highest BCUT2D eigenvalue weighted by molar-refractivity contribution is 6.01. The SMILES string of the molecule is Cc1nn2cccnc2c1C(=O)N1CCC(C(=O)NCC(C)(C)CN(C)C)CC1. The maximum absolute atomic E-state index is 13.1. The Bertz CT molecular complexity index is 880. The molecular weight excluding hydrogens is 368 g/mol. The van der Waals surface area contributed by atoms with Crippen molar-refractivity contribution in [3.8, 4) is 0 Å². The molecular formula is C21H32N6O2. The topological polar surface area (TPSA) is 82.8 Å². The zero-order valence-corrected chi connectivity index (χ0v) is 18.1. The van der Waals surface area contributed by atoms with Crippen molar-refractivity contribution in [2.45, 2.75) is 33.6 Å². The summed E-state index contributed by atoms with van der Waals surface area (Å²) in [5.41, 5.74) is 1.83. The average Bonchev–Trinajstić information content (AvgIpc) is 3.00. The molecule has 3 rings (SSSR count). The van der Waals surface area contributed by atoms with Crippen LogP contribution in [0.5, 0.6) is 0 Å². The molecule has 8 nitrogen and oxygen atoms in total. The van der Waals surface area contributed by atoms with Gasteiger partial charge in [-0.05, 0) is 45.3 Å². The Labute approximate surface area is 172 Å². The Morgan fingerprint density at radius 2 is 1.97 bits per heavy atom. The van der Waals surface area contributed by atoms with Gasteiger partial charge >= 0.3 is 0 Å². The van der Waals surface area contributed by atoms with Crippen molar-refractivity contribution in [1.82, 2.24) is 29.7 Å². The largest absolute Gasteiger partial charge is 0.355 e. The molecule has 2 amide bonds. The number of nitrogens with one attached hydrogen (secondary N) is 1. The molecule has 1 saturated heterocycles. The predicted molar refractivity (Wildman–Crippen MR) is 112 cm³/mol. The summed E-state index contributed by atoms with van der Waals surface area (Å²) in [5, 5.41) is 7.49. The second-order valence-corrected chi connectivity index (χ2v) is 9.03. The maximum Gasteiger partial charge on any atom is 0.259 e. The molecule has 2 aromatic heterocycles. The molecule has 8 heteroatoms. The number of nitrogens with zero attached hydrogens (tertiary/aromatic N) is 5. The standard InChI is InChI=1S/C21H32N6O2/c1-15-17(18-22-9-6-10-27(18)24-15)20(29)26-11-7-16(8-12-26)19(28)23-13-21(2,3)14-25(4)5/h6,9-10,16H,7-8,11-14H2,1-5H3,(H,23,28). The van der Waals surface area contributed by atoms with Crippen molar-refractivity contribution in [3.05, 3.63) is 29.7 Å². The van der Waals surface area contributed by atoms with Gasteiger partial charge in [-0.25, -0.2) is 9.50 Å². The Morgan fingerprint density at radius 3 is 2.62 bits per heavy atom. The van der Waals surface area contributed by atoms with Crippen molar-refractivity contribution in [3.63, 3.8) is 0 Å². The summed E-state index contributed by atoms with van der Waals surface area (Å²) in [7, 11) is 4.08. The van der Waals surface area contributed by atoms with Crippen molar-refractivity contribution in [2.24, 2.45) is 11.3 Å². The fourth-order valence-corrected chi connectivity index (χ4v) is 4.13. The highest BCUT2D eigenvalue weighted by Gasteiger charge is 2.31. The van der Waals surface area contributed by atoms with Crippen LogP contribution >= 0.6 is 0 Å². The van der Waals surface area contributed by atoms with Gasteiger partial charge in [-0.1, -0.05) is 13.8 Å². The highest BCUT2D eigenvalue weighted by Crippen LogP contribution is 2.22. The molecule has 0 aromatic carbocycles. The van der Waals surface area contributed by atoms with Crippen molar-refractivity contribution in [1.29, 1.82) is 0 Å². The van der Waals surface area contributed by atoms with Crippen LogP contribution in [0, 0.1) is 18.3 Å². The number of hydrogen-bond acceptors (Lipinski definition) is 5. The lowest BCUT2D eigenvalue weighted by Crippen LogP contribution is -2.46. The lowest BCUT2D eigenvalue weighted by atomic mass is 9.91. The molecule has 29 heavy (non-hydrogen) atoms. The Hall–Kier alpha value is -2.48. The molecule has 0 bridgehead atoms. The van der Waals surface area contributed by atoms with Crippen LogP contribution in [0.2, 0.25) is 0 Å². The lowest BCUT2D eigenvalue weighted by molar-refractivity contribution is -0.126. The van der Waals surface area contributed by atoms with E-state index in [4.69, 9.17) is 0 Å². The van der Waals surface area contributed by atoms with E-state index >= 15 is 0 Å². The van der Waals surface area contributed by atoms with Gasteiger partial charge in [0.1, 0.15) is 5.56 Å². The number of hydrogen-bond donors (Lipinski definition) is 1. The van der Waals surface area contributed by atoms with E-state index < -0.39 is 0 Å². The zero-order chi connectivity index (χ0) is 21.2. The number of likely N-dealkylation sites (tertiary alicyclic amines) is 1. The number of carbonyl (C=O) groups is 2. The summed E-state index contributed by atoms with van der Waals surface area (Å²) in [4.78, 5) is 33.9. The minimum Gasteiger partial charge on any atom is -0.355 e. The molecule has 3 heterocycles. The second kappa shape index (κ2) is 8.49. The maximum atomic E-state index is 13.1. The number of carbonyl (C=O) groups excluding carboxylic acids is 2. The molecule has 0 spiro atoms. The van der Waals surface area contributed by atoms with Crippen LogP contribution < -0.4 is 5.32 Å². The summed E-state index contributed by atoms with van der Waals surface area (Å²) >= 11 is 0. The summed E-state index contributed by atoms with van der Waals surface area (Å²) in [6.07, 6.45) is 4.82. The van der Waals surface area contributed by atoms with Gasteiger partial charge < -0.3 is 15.1 Å². The minimum atomic E-state index is -0.0535. The number of fused-ring (bicyclic) bond motifs is 1. The van der Waals surface area contributed by atoms with E-state index in [2.05, 4.69) is 34.1 Å². The monoisotopic (exact) mass is 400 g/mol. The average molecular weight is 401 g/mol. The van der Waals surface area contributed by atoms with Gasteiger partial charge in [0.25, 0.3) is 5.91 Å². The van der Waals surface area contributed by atoms with Gasteiger partial charge in [0.15, 0.2) is 5.65 Å². The fourth-order valence-electron chi connectivity index (χ4n) is 4.13. The third-order valence-corrected chi connectivity index (χ3v) is 5.42. The predicted octanol–water partition coefficient (Wildman–Crippen LogP) is 1.59. The van der Waals surface area contributed by atoms with Crippen LogP contribution in [0.25, 0.3) is 5.65 Å². The number of rotatable bonds is 6. The van der Waals surface area contributed by atoms with E-state index in [1.54, 1.807) is 23.0 Å². The third kappa shape index (κ3) is 4.93. The Morgan fingerprint density at radius 1 is 1.28 bits per heavy atom. The van der Waals surface area contributed by atoms with Gasteiger partial charge in [0.05, 0.1) is 5.69 Å². The van der Waals surface area contributed by atoms with E-state index in [0.717, 1.165) is 6.54 Å². The molecule has 0 aliphatic carbocycles. The smallest absolute Gasteiger partial charge is 0.259 e. The first-order chi connectivity index (χ1) is 13.7. The number of piperidine rings is 1. The van der Waals surface area contributed by atoms with Crippen LogP contribution in [0.15, 0.2) is 18.5 Å². The van der Waals surface area contributed by atoms with Crippen molar-refractivity contribution in [2.75, 3.05) is 40.3 Å². The normalized spacial score (nSPS) is 15.9. The molecule has 0 atom stereocenters. The highest BCUT2D eigenvalue weighted by atomic mass is 16.2. The molecule has 1 N–H and O–H groups in total. The quantitative estimate of drug-likeness (QED) is 0.796. The first kappa shape index (κ1) is 21.2. The van der Waals surface area contributed by atoms with Gasteiger partial charge in [-0.15, -0.1) is 0 Å². The Balaban J connectivity index is 1.57. The zero-order valence-electron chi connectivity index (χ0n) is 18.1. The van der Waals surface area contributed by atoms with Crippen LogP contribution in [0.4, 0.5) is 0 Å². The van der Waals surface area contributed by atoms with E-state index in [-0.39, 0.29) is 23.1 Å². The van der Waals surface area contributed by atoms with E-state index in [9.17, 15) is 9.59 Å². The first-order valence-electron chi connectivity index (χ1n) is 10.2. The number of aryl methyl sites for hydroxylation is 1. The number of aromatic nitrogens is 3. The van der Waals surface area contributed by atoms with Crippen molar-refractivity contribution < 1.29 is 9.59 Å². The molecule has 0 radical (unpaired) electrons. The van der Waals surface area contributed by atoms with Gasteiger partial charge in [0, 0.05) is 44.5 Å². The summed E-state index contributed by atoms with van der Waals surface area (Å²) in [6, 6.07) is 1.79. The van der Waals surface area contributed by atoms with E-state index in [0.29, 0.717) is 49.4 Å². The molecule has 1 fully saturated rings. The Kier molecular flexibility index (Phi) is 6.21. The fraction of sp³-hybridized carbons (Fsp3) is 0.619. The number of amides is 2. The molecule has 0 saturated carbocycles. The van der Waals surface area contributed by atoms with E-state index in [1.807, 2.05) is 25.9 Å². The first-order valence-corrected chi connectivity index (χ1v) is 10.2. The second-order valence-electron chi connectivity index (χ2n) is 9.03. The third-order valence-electron chi connectivity index (χ3n) is 5.42. The lowest BCUT2D eigenvalue weighted by Gasteiger charge is -2.33. The van der Waals surface area contributed by atoms with Gasteiger partial charge in [0.2, 0.25) is 5.91 Å². The van der Waals surface area contributed by atoms with Gasteiger partial charge in [-0.2, -0.15) is 5.10 Å². The summed E-state index contributed by atoms with van der Waals surface area (Å²) in [5.74, 6) is -0.00253. The summed E-state index contributed by atoms with van der Waals surface area (Å²) in [6.45, 7) is 8.84. The van der Waals surface area contributed by atoms with Crippen LogP contribution in [-0.2, 0) is 4.79 Å². The van der Waals surface area contributed by atoms with Gasteiger partial charge in [-0.3, -0.25) is 9.59 Å². The minimum absolute atomic E-state index is 0.0177. The van der Waals surface area contributed by atoms with Crippen LogP contribution in [0.1, 0.15) is 42.7 Å². The summed E-state index contributed by atoms with van der Waals surface area (Å²) < 4.78 is 1.64.